The third kappa shape index (κ3) is 5.09. The van der Waals surface area contributed by atoms with Gasteiger partial charge in [-0.3, -0.25) is 4.79 Å². The van der Waals surface area contributed by atoms with E-state index in [9.17, 15) is 9.59 Å². The Labute approximate surface area is 160 Å². The quantitative estimate of drug-likeness (QED) is 0.780. The van der Waals surface area contributed by atoms with Crippen LogP contribution >= 0.6 is 12.4 Å². The van der Waals surface area contributed by atoms with Crippen LogP contribution in [-0.2, 0) is 14.3 Å². The van der Waals surface area contributed by atoms with Crippen molar-refractivity contribution in [2.75, 3.05) is 57.9 Å². The molecule has 144 valence electrons. The van der Waals surface area contributed by atoms with Gasteiger partial charge in [0, 0.05) is 45.0 Å². The predicted molar refractivity (Wildman–Crippen MR) is 101 cm³/mol. The van der Waals surface area contributed by atoms with E-state index >= 15 is 0 Å². The molecule has 2 aliphatic heterocycles. The minimum Gasteiger partial charge on any atom is -0.465 e. The average molecular weight is 384 g/mol. The summed E-state index contributed by atoms with van der Waals surface area (Å²) in [4.78, 5) is 28.0. The number of ether oxygens (including phenoxy) is 2. The number of halogens is 1. The molecule has 8 heteroatoms. The van der Waals surface area contributed by atoms with Crippen molar-refractivity contribution in [2.24, 2.45) is 0 Å². The predicted octanol–water partition coefficient (Wildman–Crippen LogP) is 0.922. The van der Waals surface area contributed by atoms with Gasteiger partial charge < -0.3 is 24.6 Å². The summed E-state index contributed by atoms with van der Waals surface area (Å²) >= 11 is 0. The molecule has 0 saturated carbocycles. The van der Waals surface area contributed by atoms with E-state index < -0.39 is 0 Å². The zero-order valence-electron chi connectivity index (χ0n) is 15.0. The Morgan fingerprint density at radius 3 is 2.46 bits per heavy atom. The molecule has 3 rings (SSSR count). The van der Waals surface area contributed by atoms with Gasteiger partial charge in [-0.05, 0) is 24.3 Å². The molecule has 0 aliphatic carbocycles. The number of anilines is 1. The summed E-state index contributed by atoms with van der Waals surface area (Å²) in [5.41, 5.74) is 1.60. The third-order valence-corrected chi connectivity index (χ3v) is 4.69. The van der Waals surface area contributed by atoms with Crippen LogP contribution in [0, 0.1) is 0 Å². The number of benzene rings is 1. The Hall–Kier alpha value is -1.83. The molecule has 7 nitrogen and oxygen atoms in total. The van der Waals surface area contributed by atoms with Crippen molar-refractivity contribution in [3.8, 4) is 0 Å². The van der Waals surface area contributed by atoms with E-state index in [1.165, 1.54) is 7.11 Å². The number of esters is 1. The van der Waals surface area contributed by atoms with Gasteiger partial charge in [0.2, 0.25) is 5.91 Å². The Morgan fingerprint density at radius 2 is 1.88 bits per heavy atom. The molecule has 0 bridgehead atoms. The molecule has 1 atom stereocenters. The molecule has 26 heavy (non-hydrogen) atoms. The van der Waals surface area contributed by atoms with Crippen LogP contribution < -0.4 is 10.2 Å². The van der Waals surface area contributed by atoms with Crippen LogP contribution in [0.3, 0.4) is 0 Å². The second-order valence-electron chi connectivity index (χ2n) is 6.31. The number of nitrogens with zero attached hydrogens (tertiary/aromatic N) is 2. The first kappa shape index (κ1) is 20.5. The maximum Gasteiger partial charge on any atom is 0.337 e. The van der Waals surface area contributed by atoms with Gasteiger partial charge in [-0.15, -0.1) is 12.4 Å². The lowest BCUT2D eigenvalue weighted by atomic mass is 10.1. The van der Waals surface area contributed by atoms with Gasteiger partial charge in [-0.25, -0.2) is 4.79 Å². The summed E-state index contributed by atoms with van der Waals surface area (Å²) < 4.78 is 10.3. The molecular formula is C18H26ClN3O4. The first-order valence-corrected chi connectivity index (χ1v) is 8.71. The number of amides is 1. The summed E-state index contributed by atoms with van der Waals surface area (Å²) in [6, 6.07) is 7.38. The molecule has 1 aromatic rings. The maximum absolute atomic E-state index is 12.4. The lowest BCUT2D eigenvalue weighted by Crippen LogP contribution is -2.50. The highest BCUT2D eigenvalue weighted by Gasteiger charge is 2.25. The molecule has 1 unspecified atom stereocenters. The molecule has 0 radical (unpaired) electrons. The van der Waals surface area contributed by atoms with E-state index in [2.05, 4.69) is 10.2 Å². The number of nitrogens with one attached hydrogen (secondary N) is 1. The van der Waals surface area contributed by atoms with Crippen molar-refractivity contribution in [2.45, 2.75) is 12.5 Å². The van der Waals surface area contributed by atoms with Crippen molar-refractivity contribution in [1.29, 1.82) is 0 Å². The minimum absolute atomic E-state index is 0. The van der Waals surface area contributed by atoms with Crippen molar-refractivity contribution in [3.05, 3.63) is 29.8 Å². The zero-order chi connectivity index (χ0) is 17.6. The van der Waals surface area contributed by atoms with Crippen LogP contribution in [0.1, 0.15) is 16.8 Å². The van der Waals surface area contributed by atoms with Crippen LogP contribution in [0.2, 0.25) is 0 Å². The highest BCUT2D eigenvalue weighted by molar-refractivity contribution is 5.89. The van der Waals surface area contributed by atoms with E-state index in [0.29, 0.717) is 31.7 Å². The molecule has 0 aromatic heterocycles. The highest BCUT2D eigenvalue weighted by Crippen LogP contribution is 2.18. The van der Waals surface area contributed by atoms with E-state index in [4.69, 9.17) is 9.47 Å². The van der Waals surface area contributed by atoms with Gasteiger partial charge in [0.25, 0.3) is 0 Å². The Morgan fingerprint density at radius 1 is 1.19 bits per heavy atom. The minimum atomic E-state index is -0.332. The fourth-order valence-electron chi connectivity index (χ4n) is 3.21. The van der Waals surface area contributed by atoms with Gasteiger partial charge in [0.15, 0.2) is 0 Å². The van der Waals surface area contributed by atoms with Crippen LogP contribution in [0.15, 0.2) is 24.3 Å². The molecule has 2 saturated heterocycles. The van der Waals surface area contributed by atoms with Crippen LogP contribution in [0.4, 0.5) is 5.69 Å². The second kappa shape index (κ2) is 9.75. The van der Waals surface area contributed by atoms with E-state index in [0.717, 1.165) is 31.9 Å². The number of hydrogen-bond acceptors (Lipinski definition) is 6. The number of rotatable bonds is 4. The number of hydrogen-bond donors (Lipinski definition) is 1. The maximum atomic E-state index is 12.4. The third-order valence-electron chi connectivity index (χ3n) is 4.69. The van der Waals surface area contributed by atoms with Gasteiger partial charge >= 0.3 is 5.97 Å². The Balaban J connectivity index is 0.00000243. The second-order valence-corrected chi connectivity index (χ2v) is 6.31. The standard InChI is InChI=1S/C18H25N3O4.ClH/c1-24-18(23)14-2-4-15(5-3-14)20-7-9-21(10-8-20)17(22)12-16-13-19-6-11-25-16;/h2-5,16,19H,6-13H2,1H3;1H. The topological polar surface area (TPSA) is 71.1 Å². The van der Waals surface area contributed by atoms with Gasteiger partial charge in [0.1, 0.15) is 0 Å². The summed E-state index contributed by atoms with van der Waals surface area (Å²) in [6.45, 7) is 5.26. The molecule has 2 aliphatic rings. The van der Waals surface area contributed by atoms with Crippen LogP contribution in [-0.4, -0.2) is 75.9 Å². The van der Waals surface area contributed by atoms with Crippen molar-refractivity contribution in [3.63, 3.8) is 0 Å². The molecule has 1 amide bonds. The summed E-state index contributed by atoms with van der Waals surface area (Å²) in [7, 11) is 1.38. The normalized spacial score (nSPS) is 20.3. The molecule has 1 aromatic carbocycles. The Bertz CT molecular complexity index is 597. The largest absolute Gasteiger partial charge is 0.465 e. The first-order valence-electron chi connectivity index (χ1n) is 8.71. The highest BCUT2D eigenvalue weighted by atomic mass is 35.5. The van der Waals surface area contributed by atoms with Crippen molar-refractivity contribution in [1.82, 2.24) is 10.2 Å². The monoisotopic (exact) mass is 383 g/mol. The fraction of sp³-hybridized carbons (Fsp3) is 0.556. The number of carbonyl (C=O) groups excluding carboxylic acids is 2. The molecular weight excluding hydrogens is 358 g/mol. The van der Waals surface area contributed by atoms with Gasteiger partial charge in [0.05, 0.1) is 31.8 Å². The molecule has 0 spiro atoms. The smallest absolute Gasteiger partial charge is 0.337 e. The van der Waals surface area contributed by atoms with Crippen LogP contribution in [0.25, 0.3) is 0 Å². The summed E-state index contributed by atoms with van der Waals surface area (Å²) in [5, 5.41) is 3.25. The molecule has 2 fully saturated rings. The van der Waals surface area contributed by atoms with Gasteiger partial charge in [-0.1, -0.05) is 0 Å². The first-order chi connectivity index (χ1) is 12.2. The molecule has 2 heterocycles. The number of carbonyl (C=O) groups is 2. The van der Waals surface area contributed by atoms with Gasteiger partial charge in [-0.2, -0.15) is 0 Å². The Kier molecular flexibility index (Phi) is 7.68. The van der Waals surface area contributed by atoms with E-state index in [1.54, 1.807) is 12.1 Å². The molecule has 1 N–H and O–H groups in total. The lowest BCUT2D eigenvalue weighted by molar-refractivity contribution is -0.135. The number of piperazine rings is 1. The SMILES string of the molecule is COC(=O)c1ccc(N2CCN(C(=O)CC3CNCCO3)CC2)cc1.Cl. The lowest BCUT2D eigenvalue weighted by Gasteiger charge is -2.37. The average Bonchev–Trinajstić information content (AvgIpc) is 2.68. The van der Waals surface area contributed by atoms with Crippen LogP contribution in [0.5, 0.6) is 0 Å². The van der Waals surface area contributed by atoms with Crippen molar-refractivity contribution < 1.29 is 19.1 Å². The fourth-order valence-corrected chi connectivity index (χ4v) is 3.21. The number of methoxy groups -OCH3 is 1. The zero-order valence-corrected chi connectivity index (χ0v) is 15.8. The van der Waals surface area contributed by atoms with E-state index in [-0.39, 0.29) is 30.4 Å². The summed E-state index contributed by atoms with van der Waals surface area (Å²) in [6.07, 6.45) is 0.436. The van der Waals surface area contributed by atoms with Crippen molar-refractivity contribution >= 4 is 30.0 Å². The summed E-state index contributed by atoms with van der Waals surface area (Å²) in [5.74, 6) is -0.171. The van der Waals surface area contributed by atoms with E-state index in [1.807, 2.05) is 17.0 Å². The number of morpholine rings is 1.